The van der Waals surface area contributed by atoms with Crippen molar-refractivity contribution in [3.63, 3.8) is 0 Å². The SMILES string of the molecule is N[C@H]1[C@@H](C(=O)O)[C@H]2C=C[C@@H]1C2.O=S(=O)(O)c1ccccc1. The lowest BCUT2D eigenvalue weighted by atomic mass is 9.90. The predicted molar refractivity (Wildman–Crippen MR) is 76.1 cm³/mol. The Balaban J connectivity index is 0.000000155. The third-order valence-corrected chi connectivity index (χ3v) is 4.71. The van der Waals surface area contributed by atoms with Gasteiger partial charge in [0.1, 0.15) is 0 Å². The normalized spacial score (nSPS) is 29.8. The van der Waals surface area contributed by atoms with E-state index in [1.165, 1.54) is 12.1 Å². The highest BCUT2D eigenvalue weighted by atomic mass is 32.2. The number of aliphatic carboxylic acids is 1. The van der Waals surface area contributed by atoms with Gasteiger partial charge < -0.3 is 10.8 Å². The van der Waals surface area contributed by atoms with Crippen LogP contribution in [0.3, 0.4) is 0 Å². The summed E-state index contributed by atoms with van der Waals surface area (Å²) < 4.78 is 29.2. The minimum atomic E-state index is -4.00. The number of benzene rings is 1. The van der Waals surface area contributed by atoms with Gasteiger partial charge in [0, 0.05) is 6.04 Å². The van der Waals surface area contributed by atoms with Crippen LogP contribution in [0.15, 0.2) is 47.4 Å². The number of carbonyl (C=O) groups is 1. The zero-order valence-electron chi connectivity index (χ0n) is 11.2. The zero-order chi connectivity index (χ0) is 15.6. The summed E-state index contributed by atoms with van der Waals surface area (Å²) in [5.74, 6) is -0.548. The van der Waals surface area contributed by atoms with E-state index in [1.54, 1.807) is 18.2 Å². The fourth-order valence-corrected chi connectivity index (χ4v) is 3.30. The van der Waals surface area contributed by atoms with E-state index in [-0.39, 0.29) is 22.8 Å². The van der Waals surface area contributed by atoms with Crippen LogP contribution in [-0.2, 0) is 14.9 Å². The van der Waals surface area contributed by atoms with Crippen LogP contribution in [0.25, 0.3) is 0 Å². The molecule has 2 bridgehead atoms. The van der Waals surface area contributed by atoms with Gasteiger partial charge in [0.05, 0.1) is 10.8 Å². The van der Waals surface area contributed by atoms with Gasteiger partial charge in [-0.1, -0.05) is 30.4 Å². The third-order valence-electron chi connectivity index (χ3n) is 3.85. The van der Waals surface area contributed by atoms with Gasteiger partial charge in [0.2, 0.25) is 0 Å². The first-order chi connectivity index (χ1) is 9.80. The smallest absolute Gasteiger partial charge is 0.308 e. The number of fused-ring (bicyclic) bond motifs is 2. The van der Waals surface area contributed by atoms with Crippen LogP contribution in [-0.4, -0.2) is 30.1 Å². The second-order valence-corrected chi connectivity index (χ2v) is 6.60. The summed E-state index contributed by atoms with van der Waals surface area (Å²) in [5, 5.41) is 8.79. The minimum Gasteiger partial charge on any atom is -0.481 e. The zero-order valence-corrected chi connectivity index (χ0v) is 12.0. The van der Waals surface area contributed by atoms with Crippen LogP contribution in [0.1, 0.15) is 6.42 Å². The summed E-state index contributed by atoms with van der Waals surface area (Å²) in [6.45, 7) is 0. The number of carboxylic acid groups (broad SMARTS) is 1. The molecule has 3 rings (SSSR count). The molecule has 21 heavy (non-hydrogen) atoms. The Morgan fingerprint density at radius 3 is 2.05 bits per heavy atom. The topological polar surface area (TPSA) is 118 Å². The average Bonchev–Trinajstić information content (AvgIpc) is 3.00. The number of nitrogens with two attached hydrogens (primary N) is 1. The molecule has 1 fully saturated rings. The molecule has 0 heterocycles. The number of rotatable bonds is 2. The highest BCUT2D eigenvalue weighted by Crippen LogP contribution is 2.42. The number of carboxylic acids is 1. The molecular weight excluding hydrogens is 294 g/mol. The highest BCUT2D eigenvalue weighted by Gasteiger charge is 2.46. The molecular formula is C14H17NO5S. The molecule has 0 aromatic heterocycles. The summed E-state index contributed by atoms with van der Waals surface area (Å²) in [7, 11) is -4.00. The summed E-state index contributed by atoms with van der Waals surface area (Å²) in [6, 6.07) is 7.27. The Morgan fingerprint density at radius 2 is 1.71 bits per heavy atom. The van der Waals surface area contributed by atoms with Gasteiger partial charge in [-0.3, -0.25) is 9.35 Å². The van der Waals surface area contributed by atoms with E-state index in [4.69, 9.17) is 15.4 Å². The summed E-state index contributed by atoms with van der Waals surface area (Å²) in [5.41, 5.74) is 5.73. The van der Waals surface area contributed by atoms with Crippen molar-refractivity contribution in [1.82, 2.24) is 0 Å². The van der Waals surface area contributed by atoms with E-state index >= 15 is 0 Å². The predicted octanol–water partition coefficient (Wildman–Crippen LogP) is 1.15. The molecule has 4 atom stereocenters. The molecule has 1 saturated carbocycles. The third kappa shape index (κ3) is 3.49. The summed E-state index contributed by atoms with van der Waals surface area (Å²) in [6.07, 6.45) is 4.99. The lowest BCUT2D eigenvalue weighted by Crippen LogP contribution is -2.38. The lowest BCUT2D eigenvalue weighted by Gasteiger charge is -2.19. The van der Waals surface area contributed by atoms with Crippen LogP contribution in [0.2, 0.25) is 0 Å². The van der Waals surface area contributed by atoms with Crippen LogP contribution < -0.4 is 5.73 Å². The van der Waals surface area contributed by atoms with Crippen LogP contribution >= 0.6 is 0 Å². The van der Waals surface area contributed by atoms with Crippen molar-refractivity contribution < 1.29 is 22.9 Å². The average molecular weight is 311 g/mol. The Morgan fingerprint density at radius 1 is 1.14 bits per heavy atom. The first-order valence-corrected chi connectivity index (χ1v) is 7.94. The number of hydrogen-bond donors (Lipinski definition) is 3. The molecule has 0 amide bonds. The Labute approximate surface area is 123 Å². The second kappa shape index (κ2) is 5.97. The fraction of sp³-hybridized carbons (Fsp3) is 0.357. The van der Waals surface area contributed by atoms with Gasteiger partial charge in [-0.2, -0.15) is 8.42 Å². The second-order valence-electron chi connectivity index (χ2n) is 5.18. The standard InChI is InChI=1S/C8H11NO2.C6H6O3S/c9-7-5-2-1-4(3-5)6(7)8(10)11;7-10(8,9)6-4-2-1-3-5-6/h1-2,4-7H,3,9H2,(H,10,11);1-5H,(H,7,8,9)/t4-,5+,6-,7+;/m0./s1. The van der Waals surface area contributed by atoms with E-state index < -0.39 is 16.1 Å². The molecule has 0 unspecified atom stereocenters. The first kappa shape index (κ1) is 15.7. The van der Waals surface area contributed by atoms with E-state index in [0.717, 1.165) is 6.42 Å². The van der Waals surface area contributed by atoms with Gasteiger partial charge in [0.25, 0.3) is 10.1 Å². The first-order valence-electron chi connectivity index (χ1n) is 6.50. The van der Waals surface area contributed by atoms with Crippen molar-refractivity contribution in [2.45, 2.75) is 17.4 Å². The lowest BCUT2D eigenvalue weighted by molar-refractivity contribution is -0.143. The maximum atomic E-state index is 10.7. The monoisotopic (exact) mass is 311 g/mol. The van der Waals surface area contributed by atoms with Crippen LogP contribution in [0, 0.1) is 17.8 Å². The van der Waals surface area contributed by atoms with Gasteiger partial charge in [-0.25, -0.2) is 0 Å². The van der Waals surface area contributed by atoms with Gasteiger partial charge in [-0.15, -0.1) is 0 Å². The quantitative estimate of drug-likeness (QED) is 0.557. The van der Waals surface area contributed by atoms with Crippen molar-refractivity contribution in [3.8, 4) is 0 Å². The maximum Gasteiger partial charge on any atom is 0.308 e. The van der Waals surface area contributed by atoms with E-state index in [1.807, 2.05) is 6.08 Å². The van der Waals surface area contributed by atoms with Crippen molar-refractivity contribution in [2.24, 2.45) is 23.5 Å². The Hall–Kier alpha value is -1.70. The molecule has 0 spiro atoms. The van der Waals surface area contributed by atoms with Crippen molar-refractivity contribution in [3.05, 3.63) is 42.5 Å². The van der Waals surface area contributed by atoms with E-state index in [0.29, 0.717) is 5.92 Å². The molecule has 0 radical (unpaired) electrons. The molecule has 6 nitrogen and oxygen atoms in total. The van der Waals surface area contributed by atoms with E-state index in [9.17, 15) is 13.2 Å². The summed E-state index contributed by atoms with van der Waals surface area (Å²) in [4.78, 5) is 10.6. The van der Waals surface area contributed by atoms with Crippen molar-refractivity contribution in [2.75, 3.05) is 0 Å². The van der Waals surface area contributed by atoms with Crippen LogP contribution in [0.5, 0.6) is 0 Å². The molecule has 0 saturated heterocycles. The molecule has 1 aromatic carbocycles. The van der Waals surface area contributed by atoms with E-state index in [2.05, 4.69) is 6.08 Å². The van der Waals surface area contributed by atoms with Gasteiger partial charge in [-0.05, 0) is 30.4 Å². The molecule has 7 heteroatoms. The molecule has 1 aromatic rings. The van der Waals surface area contributed by atoms with Crippen molar-refractivity contribution in [1.29, 1.82) is 0 Å². The molecule has 0 aliphatic heterocycles. The molecule has 114 valence electrons. The Bertz CT molecular complexity index is 641. The molecule has 4 N–H and O–H groups in total. The summed E-state index contributed by atoms with van der Waals surface area (Å²) >= 11 is 0. The largest absolute Gasteiger partial charge is 0.481 e. The van der Waals surface area contributed by atoms with Crippen LogP contribution in [0.4, 0.5) is 0 Å². The van der Waals surface area contributed by atoms with Gasteiger partial charge in [0.15, 0.2) is 0 Å². The van der Waals surface area contributed by atoms with Gasteiger partial charge >= 0.3 is 5.97 Å². The Kier molecular flexibility index (Phi) is 4.46. The number of allylic oxidation sites excluding steroid dienone is 1. The molecule has 2 aliphatic carbocycles. The minimum absolute atomic E-state index is 0.0741. The highest BCUT2D eigenvalue weighted by molar-refractivity contribution is 7.85. The maximum absolute atomic E-state index is 10.7. The molecule has 2 aliphatic rings. The number of hydrogen-bond acceptors (Lipinski definition) is 4. The van der Waals surface area contributed by atoms with Crippen molar-refractivity contribution >= 4 is 16.1 Å². The fourth-order valence-electron chi connectivity index (χ4n) is 2.80.